The number of carbonyl (C=O) groups is 2. The molecular weight excluding hydrogens is 384 g/mol. The number of likely N-dealkylation sites (tertiary alicyclic amines) is 2. The molecule has 2 saturated heterocycles. The van der Waals surface area contributed by atoms with Gasteiger partial charge in [-0.3, -0.25) is 0 Å². The Morgan fingerprint density at radius 1 is 0.700 bits per heavy atom. The molecule has 2 unspecified atom stereocenters. The van der Waals surface area contributed by atoms with E-state index >= 15 is 0 Å². The van der Waals surface area contributed by atoms with Crippen molar-refractivity contribution in [2.24, 2.45) is 47.0 Å². The maximum absolute atomic E-state index is 11.7. The van der Waals surface area contributed by atoms with E-state index in [1.807, 2.05) is 51.3 Å². The highest BCUT2D eigenvalue weighted by atomic mass is 16.6. The Morgan fingerprint density at radius 3 is 1.17 bits per heavy atom. The van der Waals surface area contributed by atoms with Gasteiger partial charge in [0.05, 0.1) is 0 Å². The minimum atomic E-state index is -0.392. The van der Waals surface area contributed by atoms with Crippen LogP contribution in [0.4, 0.5) is 9.59 Å². The Morgan fingerprint density at radius 2 is 0.967 bits per heavy atom. The average molecular weight is 425 g/mol. The molecule has 0 aromatic heterocycles. The Hall–Kier alpha value is -1.54. The van der Waals surface area contributed by atoms with Crippen LogP contribution >= 0.6 is 0 Å². The van der Waals surface area contributed by atoms with Crippen molar-refractivity contribution in [2.45, 2.75) is 52.7 Å². The maximum atomic E-state index is 11.7. The molecule has 4 aliphatic rings. The van der Waals surface area contributed by atoms with Crippen LogP contribution in [0.2, 0.25) is 0 Å². The molecule has 0 aromatic carbocycles. The normalized spacial score (nSPS) is 33.9. The van der Waals surface area contributed by atoms with Gasteiger partial charge in [-0.05, 0) is 90.1 Å². The van der Waals surface area contributed by atoms with E-state index < -0.39 is 11.2 Å². The van der Waals surface area contributed by atoms with E-state index in [2.05, 4.69) is 0 Å². The number of hydrogen-bond donors (Lipinski definition) is 2. The number of piperidine rings is 2. The number of amides is 2. The summed E-state index contributed by atoms with van der Waals surface area (Å²) in [6, 6.07) is 0. The van der Waals surface area contributed by atoms with Gasteiger partial charge in [0.2, 0.25) is 0 Å². The van der Waals surface area contributed by atoms with Crippen molar-refractivity contribution in [3.63, 3.8) is 0 Å². The average Bonchev–Trinajstić information content (AvgIpc) is 3.28. The second kappa shape index (κ2) is 8.19. The first kappa shape index (κ1) is 23.1. The van der Waals surface area contributed by atoms with Crippen molar-refractivity contribution in [3.05, 3.63) is 0 Å². The molecule has 2 heterocycles. The molecule has 4 fully saturated rings. The van der Waals surface area contributed by atoms with Gasteiger partial charge < -0.3 is 30.7 Å². The summed E-state index contributed by atoms with van der Waals surface area (Å²) in [4.78, 5) is 27.0. The van der Waals surface area contributed by atoms with Crippen LogP contribution in [0.25, 0.3) is 0 Å². The molecule has 2 aliphatic heterocycles. The first-order chi connectivity index (χ1) is 13.8. The van der Waals surface area contributed by atoms with Gasteiger partial charge in [-0.25, -0.2) is 9.59 Å². The summed E-state index contributed by atoms with van der Waals surface area (Å²) in [5.41, 5.74) is 10.4. The van der Waals surface area contributed by atoms with E-state index in [-0.39, 0.29) is 12.2 Å². The molecule has 4 rings (SSSR count). The summed E-state index contributed by atoms with van der Waals surface area (Å²) in [6.07, 6.45) is -0.351. The number of fused-ring (bicyclic) bond motifs is 2. The Labute approximate surface area is 180 Å². The van der Waals surface area contributed by atoms with Gasteiger partial charge in [0.15, 0.2) is 0 Å². The van der Waals surface area contributed by atoms with Gasteiger partial charge in [0.1, 0.15) is 11.2 Å². The lowest BCUT2D eigenvalue weighted by Gasteiger charge is -2.25. The van der Waals surface area contributed by atoms with Gasteiger partial charge in [-0.2, -0.15) is 0 Å². The Bertz CT molecular complexity index is 577. The lowest BCUT2D eigenvalue weighted by atomic mass is 10.2. The monoisotopic (exact) mass is 424 g/mol. The summed E-state index contributed by atoms with van der Waals surface area (Å²) < 4.78 is 10.6. The van der Waals surface area contributed by atoms with E-state index in [4.69, 9.17) is 20.9 Å². The molecular formula is C22H40N4O4. The fourth-order valence-corrected chi connectivity index (χ4v) is 4.95. The van der Waals surface area contributed by atoms with Gasteiger partial charge in [-0.1, -0.05) is 0 Å². The molecule has 30 heavy (non-hydrogen) atoms. The first-order valence-electron chi connectivity index (χ1n) is 11.2. The molecule has 8 heteroatoms. The van der Waals surface area contributed by atoms with Gasteiger partial charge in [0, 0.05) is 26.2 Å². The fraction of sp³-hybridized carbons (Fsp3) is 0.909. The second-order valence-electron chi connectivity index (χ2n) is 11.2. The van der Waals surface area contributed by atoms with Crippen molar-refractivity contribution in [3.8, 4) is 0 Å². The summed E-state index contributed by atoms with van der Waals surface area (Å²) in [5, 5.41) is 0. The summed E-state index contributed by atoms with van der Waals surface area (Å²) in [6.45, 7) is 16.2. The largest absolute Gasteiger partial charge is 0.444 e. The molecule has 8 nitrogen and oxygen atoms in total. The van der Waals surface area contributed by atoms with Crippen LogP contribution in [0.1, 0.15) is 41.5 Å². The molecule has 4 N–H and O–H groups in total. The lowest BCUT2D eigenvalue weighted by Crippen LogP contribution is -2.37. The predicted octanol–water partition coefficient (Wildman–Crippen LogP) is 2.12. The molecule has 0 bridgehead atoms. The lowest BCUT2D eigenvalue weighted by molar-refractivity contribution is 0.0256. The van der Waals surface area contributed by atoms with Gasteiger partial charge in [-0.15, -0.1) is 0 Å². The Kier molecular flexibility index (Phi) is 6.31. The zero-order valence-electron chi connectivity index (χ0n) is 19.4. The molecule has 2 aliphatic carbocycles. The van der Waals surface area contributed by atoms with Crippen molar-refractivity contribution >= 4 is 12.2 Å². The highest BCUT2D eigenvalue weighted by Gasteiger charge is 2.57. The van der Waals surface area contributed by atoms with Crippen LogP contribution < -0.4 is 11.5 Å². The highest BCUT2D eigenvalue weighted by Crippen LogP contribution is 2.51. The molecule has 0 aromatic rings. The third-order valence-corrected chi connectivity index (χ3v) is 6.59. The number of hydrogen-bond acceptors (Lipinski definition) is 6. The molecule has 2 saturated carbocycles. The first-order valence-corrected chi connectivity index (χ1v) is 11.2. The fourth-order valence-electron chi connectivity index (χ4n) is 4.95. The second-order valence-corrected chi connectivity index (χ2v) is 11.2. The van der Waals surface area contributed by atoms with E-state index in [0.29, 0.717) is 35.5 Å². The van der Waals surface area contributed by atoms with E-state index in [0.717, 1.165) is 39.3 Å². The van der Waals surface area contributed by atoms with E-state index in [1.54, 1.807) is 0 Å². The quantitative estimate of drug-likeness (QED) is 0.702. The molecule has 0 spiro atoms. The zero-order chi connectivity index (χ0) is 22.4. The van der Waals surface area contributed by atoms with Crippen LogP contribution in [0.5, 0.6) is 0 Å². The van der Waals surface area contributed by atoms with Crippen LogP contribution in [-0.2, 0) is 9.47 Å². The van der Waals surface area contributed by atoms with Crippen LogP contribution in [-0.4, -0.2) is 72.5 Å². The SMILES string of the molecule is CC(C)(C)OC(=O)N1C[C@@H]2C(CN)[C@@H]2C1.CC(C)(C)OC(=O)N1C[C@@H]2C(CN)[C@@H]2C1. The summed E-state index contributed by atoms with van der Waals surface area (Å²) in [5.74, 6) is 3.88. The van der Waals surface area contributed by atoms with E-state index in [9.17, 15) is 9.59 Å². The van der Waals surface area contributed by atoms with E-state index in [1.165, 1.54) is 0 Å². The number of nitrogens with two attached hydrogens (primary N) is 2. The van der Waals surface area contributed by atoms with Crippen LogP contribution in [0.15, 0.2) is 0 Å². The number of ether oxygens (including phenoxy) is 2. The molecule has 6 atom stereocenters. The van der Waals surface area contributed by atoms with Crippen LogP contribution in [0.3, 0.4) is 0 Å². The van der Waals surface area contributed by atoms with Crippen molar-refractivity contribution in [1.29, 1.82) is 0 Å². The predicted molar refractivity (Wildman–Crippen MR) is 115 cm³/mol. The van der Waals surface area contributed by atoms with Gasteiger partial charge >= 0.3 is 12.2 Å². The van der Waals surface area contributed by atoms with Crippen molar-refractivity contribution in [1.82, 2.24) is 9.80 Å². The molecule has 172 valence electrons. The smallest absolute Gasteiger partial charge is 0.410 e. The summed E-state index contributed by atoms with van der Waals surface area (Å²) >= 11 is 0. The van der Waals surface area contributed by atoms with Gasteiger partial charge in [0.25, 0.3) is 0 Å². The topological polar surface area (TPSA) is 111 Å². The van der Waals surface area contributed by atoms with Crippen molar-refractivity contribution < 1.29 is 19.1 Å². The number of rotatable bonds is 2. The standard InChI is InChI=1S/2C11H20N2O2/c2*1-11(2,3)15-10(14)13-5-8-7(4-12)9(8)6-13/h2*7-9H,4-6,12H2,1-3H3/t2*7?,8-,9+. The van der Waals surface area contributed by atoms with Crippen LogP contribution in [0, 0.1) is 35.5 Å². The summed E-state index contributed by atoms with van der Waals surface area (Å²) in [7, 11) is 0. The third-order valence-electron chi connectivity index (χ3n) is 6.59. The molecule has 2 amide bonds. The minimum absolute atomic E-state index is 0.175. The third kappa shape index (κ3) is 5.38. The maximum Gasteiger partial charge on any atom is 0.410 e. The minimum Gasteiger partial charge on any atom is -0.444 e. The Balaban J connectivity index is 0.000000171. The highest BCUT2D eigenvalue weighted by molar-refractivity contribution is 5.69. The zero-order valence-corrected chi connectivity index (χ0v) is 19.4. The number of nitrogens with zero attached hydrogens (tertiary/aromatic N) is 2. The number of carbonyl (C=O) groups excluding carboxylic acids is 2. The molecule has 0 radical (unpaired) electrons. The van der Waals surface area contributed by atoms with Crippen molar-refractivity contribution in [2.75, 3.05) is 39.3 Å².